The summed E-state index contributed by atoms with van der Waals surface area (Å²) in [7, 11) is 0. The highest BCUT2D eigenvalue weighted by Crippen LogP contribution is 2.32. The minimum Gasteiger partial charge on any atom is -0.386 e. The Hall–Kier alpha value is -3.16. The second kappa shape index (κ2) is 8.41. The fraction of sp³-hybridized carbons (Fsp3) is 0.292. The molecule has 1 saturated heterocycles. The first-order chi connectivity index (χ1) is 15.5. The molecule has 8 heteroatoms. The molecule has 2 aliphatic rings. The normalized spacial score (nSPS) is 16.4. The van der Waals surface area contributed by atoms with E-state index in [0.29, 0.717) is 36.4 Å². The minimum atomic E-state index is 0.0455. The first-order valence-electron chi connectivity index (χ1n) is 10.6. The van der Waals surface area contributed by atoms with Gasteiger partial charge >= 0.3 is 0 Å². The molecule has 164 valence electrons. The van der Waals surface area contributed by atoms with Crippen LogP contribution in [-0.2, 0) is 19.6 Å². The molecule has 1 fully saturated rings. The van der Waals surface area contributed by atoms with E-state index in [9.17, 15) is 4.79 Å². The Morgan fingerprint density at radius 3 is 2.78 bits per heavy atom. The largest absolute Gasteiger partial charge is 0.386 e. The van der Waals surface area contributed by atoms with Crippen molar-refractivity contribution >= 4 is 17.5 Å². The molecule has 0 unspecified atom stereocenters. The average molecular weight is 450 g/mol. The number of nitrogens with zero attached hydrogens (tertiary/aromatic N) is 4. The number of aromatic nitrogens is 2. The first-order valence-corrected chi connectivity index (χ1v) is 11.0. The lowest BCUT2D eigenvalue weighted by atomic mass is 10.0. The van der Waals surface area contributed by atoms with Crippen LogP contribution in [0.4, 0.5) is 0 Å². The molecule has 1 N–H and O–H groups in total. The van der Waals surface area contributed by atoms with Gasteiger partial charge in [0, 0.05) is 54.6 Å². The van der Waals surface area contributed by atoms with Crippen LogP contribution in [0.15, 0.2) is 53.2 Å². The van der Waals surface area contributed by atoms with E-state index in [2.05, 4.69) is 26.9 Å². The number of halogens is 1. The van der Waals surface area contributed by atoms with Gasteiger partial charge in [0.25, 0.3) is 11.8 Å². The Kier molecular flexibility index (Phi) is 5.45. The van der Waals surface area contributed by atoms with Crippen LogP contribution < -0.4 is 5.32 Å². The van der Waals surface area contributed by atoms with Gasteiger partial charge in [-0.25, -0.2) is 0 Å². The number of aryl methyl sites for hydroxylation is 1. The lowest BCUT2D eigenvalue weighted by molar-refractivity contribution is 0.0766. The van der Waals surface area contributed by atoms with Gasteiger partial charge in [-0.3, -0.25) is 9.69 Å². The third-order valence-electron chi connectivity index (χ3n) is 5.86. The molecular weight excluding hydrogens is 426 g/mol. The van der Waals surface area contributed by atoms with Crippen molar-refractivity contribution in [1.82, 2.24) is 25.3 Å². The fourth-order valence-electron chi connectivity index (χ4n) is 4.35. The van der Waals surface area contributed by atoms with Gasteiger partial charge in [0.15, 0.2) is 5.82 Å². The zero-order chi connectivity index (χ0) is 22.2. The molecule has 0 spiro atoms. The molecule has 0 radical (unpaired) electrons. The molecule has 32 heavy (non-hydrogen) atoms. The number of amides is 1. The Bertz CT molecular complexity index is 1190. The van der Waals surface area contributed by atoms with Gasteiger partial charge in [0.1, 0.15) is 0 Å². The summed E-state index contributed by atoms with van der Waals surface area (Å²) in [5.41, 5.74) is 5.55. The maximum Gasteiger partial charge on any atom is 0.257 e. The molecule has 3 aromatic rings. The highest BCUT2D eigenvalue weighted by atomic mass is 35.5. The third kappa shape index (κ3) is 4.13. The molecule has 0 aliphatic carbocycles. The molecule has 0 atom stereocenters. The summed E-state index contributed by atoms with van der Waals surface area (Å²) in [4.78, 5) is 21.7. The predicted molar refractivity (Wildman–Crippen MR) is 122 cm³/mol. The van der Waals surface area contributed by atoms with Gasteiger partial charge in [-0.15, -0.1) is 0 Å². The smallest absolute Gasteiger partial charge is 0.257 e. The average Bonchev–Trinajstić information content (AvgIpc) is 3.34. The van der Waals surface area contributed by atoms with Crippen molar-refractivity contribution in [3.8, 4) is 11.5 Å². The number of nitrogens with one attached hydrogen (secondary N) is 1. The molecule has 5 rings (SSSR count). The van der Waals surface area contributed by atoms with Crippen LogP contribution in [0.2, 0.25) is 5.02 Å². The van der Waals surface area contributed by atoms with Crippen molar-refractivity contribution in [2.45, 2.75) is 26.6 Å². The third-order valence-corrected chi connectivity index (χ3v) is 6.12. The second-order valence-electron chi connectivity index (χ2n) is 8.37. The van der Waals surface area contributed by atoms with Crippen LogP contribution in [-0.4, -0.2) is 45.5 Å². The Morgan fingerprint density at radius 2 is 2.00 bits per heavy atom. The molecular formula is C24H24ClN5O2. The van der Waals surface area contributed by atoms with E-state index in [-0.39, 0.29) is 5.91 Å². The summed E-state index contributed by atoms with van der Waals surface area (Å²) in [5.74, 6) is 1.17. The molecule has 0 saturated carbocycles. The fourth-order valence-corrected chi connectivity index (χ4v) is 4.48. The Balaban J connectivity index is 1.33. The zero-order valence-corrected chi connectivity index (χ0v) is 18.7. The number of rotatable bonds is 5. The quantitative estimate of drug-likeness (QED) is 0.639. The Morgan fingerprint density at radius 1 is 1.19 bits per heavy atom. The van der Waals surface area contributed by atoms with Crippen molar-refractivity contribution in [1.29, 1.82) is 0 Å². The van der Waals surface area contributed by atoms with E-state index >= 15 is 0 Å². The summed E-state index contributed by atoms with van der Waals surface area (Å²) in [5, 5.41) is 8.09. The number of carbonyl (C=O) groups is 1. The van der Waals surface area contributed by atoms with Gasteiger partial charge < -0.3 is 14.7 Å². The predicted octanol–water partition coefficient (Wildman–Crippen LogP) is 3.77. The van der Waals surface area contributed by atoms with E-state index in [1.54, 1.807) is 0 Å². The number of piperazine rings is 1. The van der Waals surface area contributed by atoms with Crippen molar-refractivity contribution in [3.63, 3.8) is 0 Å². The van der Waals surface area contributed by atoms with Gasteiger partial charge in [0.05, 0.1) is 6.54 Å². The number of fused-ring (bicyclic) bond motifs is 1. The van der Waals surface area contributed by atoms with Crippen LogP contribution in [0.1, 0.15) is 32.9 Å². The van der Waals surface area contributed by atoms with Gasteiger partial charge in [0.2, 0.25) is 0 Å². The maximum absolute atomic E-state index is 13.0. The van der Waals surface area contributed by atoms with Crippen molar-refractivity contribution < 1.29 is 9.32 Å². The monoisotopic (exact) mass is 449 g/mol. The summed E-state index contributed by atoms with van der Waals surface area (Å²) < 4.78 is 5.56. The van der Waals surface area contributed by atoms with Gasteiger partial charge in [-0.05, 0) is 47.9 Å². The minimum absolute atomic E-state index is 0.0455. The lowest BCUT2D eigenvalue weighted by Gasteiger charge is -2.27. The molecule has 2 aliphatic heterocycles. The van der Waals surface area contributed by atoms with Gasteiger partial charge in [-0.1, -0.05) is 35.5 Å². The van der Waals surface area contributed by atoms with Crippen LogP contribution in [0.3, 0.4) is 0 Å². The van der Waals surface area contributed by atoms with E-state index in [1.165, 1.54) is 0 Å². The lowest BCUT2D eigenvalue weighted by Crippen LogP contribution is -2.41. The number of hydrogen-bond donors (Lipinski definition) is 1. The Labute approximate surface area is 191 Å². The highest BCUT2D eigenvalue weighted by molar-refractivity contribution is 6.30. The van der Waals surface area contributed by atoms with Crippen LogP contribution in [0.25, 0.3) is 11.5 Å². The van der Waals surface area contributed by atoms with Gasteiger partial charge in [-0.2, -0.15) is 4.98 Å². The number of benzene rings is 2. The maximum atomic E-state index is 13.0. The second-order valence-corrected chi connectivity index (χ2v) is 8.81. The summed E-state index contributed by atoms with van der Waals surface area (Å²) >= 11 is 5.98. The van der Waals surface area contributed by atoms with Crippen LogP contribution in [0, 0.1) is 6.92 Å². The highest BCUT2D eigenvalue weighted by Gasteiger charge is 2.30. The molecule has 3 heterocycles. The van der Waals surface area contributed by atoms with E-state index in [4.69, 9.17) is 16.1 Å². The molecule has 1 amide bonds. The van der Waals surface area contributed by atoms with E-state index < -0.39 is 0 Å². The summed E-state index contributed by atoms with van der Waals surface area (Å²) in [6.45, 7) is 10.2. The van der Waals surface area contributed by atoms with Crippen LogP contribution >= 0.6 is 11.6 Å². The molecule has 0 bridgehead atoms. The van der Waals surface area contributed by atoms with Crippen LogP contribution in [0.5, 0.6) is 0 Å². The topological polar surface area (TPSA) is 74.5 Å². The van der Waals surface area contributed by atoms with Crippen molar-refractivity contribution in [2.24, 2.45) is 0 Å². The summed E-state index contributed by atoms with van der Waals surface area (Å²) in [6.07, 6.45) is 0. The first kappa shape index (κ1) is 20.7. The number of carbonyl (C=O) groups excluding carboxylic acids is 1. The SMILES string of the molecule is C=C1CN(Cc2noc(-c3cc(C)c4c(c3)CN(Cc3ccc(Cl)cc3)C4=O)n2)CCN1. The van der Waals surface area contributed by atoms with E-state index in [0.717, 1.165) is 53.1 Å². The standard InChI is InChI=1S/C24H24ClN5O2/c1-15-9-18(23-27-21(28-32-23)14-29-8-7-26-16(2)11-29)10-19-13-30(24(31)22(15)19)12-17-3-5-20(25)6-4-17/h3-6,9-10,26H,2,7-8,11-14H2,1H3. The number of hydrogen-bond acceptors (Lipinski definition) is 6. The zero-order valence-electron chi connectivity index (χ0n) is 17.9. The van der Waals surface area contributed by atoms with E-state index in [1.807, 2.05) is 48.2 Å². The molecule has 7 nitrogen and oxygen atoms in total. The molecule has 2 aromatic carbocycles. The van der Waals surface area contributed by atoms with Crippen molar-refractivity contribution in [3.05, 3.63) is 81.8 Å². The van der Waals surface area contributed by atoms with Crippen molar-refractivity contribution in [2.75, 3.05) is 19.6 Å². The molecule has 1 aromatic heterocycles. The summed E-state index contributed by atoms with van der Waals surface area (Å²) in [6, 6.07) is 11.5.